The standard InChI is InChI=1S/C2H7BOS/c1-2-5-3-4/h3-4H,2H2,1H3. The number of rotatable bonds is 2. The highest BCUT2D eigenvalue weighted by Crippen LogP contribution is 1.88. The van der Waals surface area contributed by atoms with E-state index in [-0.39, 0.29) is 6.76 Å². The molecular formula is C2H7BOS. The average Bonchev–Trinajstić information content (AvgIpc) is 1.41. The Kier molecular flexibility index (Phi) is 4.70. The SMILES string of the molecule is CCSBO. The first-order chi connectivity index (χ1) is 2.41. The molecule has 3 heteroatoms. The van der Waals surface area contributed by atoms with Gasteiger partial charge in [0.25, 0.3) is 0 Å². The third kappa shape index (κ3) is 4.37. The highest BCUT2D eigenvalue weighted by Gasteiger charge is 1.73. The fourth-order valence-corrected chi connectivity index (χ4v) is 0.274. The van der Waals surface area contributed by atoms with E-state index in [0.29, 0.717) is 0 Å². The van der Waals surface area contributed by atoms with Gasteiger partial charge in [-0.2, -0.15) is 11.6 Å². The largest absolute Gasteiger partial charge is 0.444 e. The fourth-order valence-electron chi connectivity index (χ4n) is 0.0913. The lowest BCUT2D eigenvalue weighted by Gasteiger charge is -1.77. The van der Waals surface area contributed by atoms with Crippen molar-refractivity contribution in [1.29, 1.82) is 0 Å². The van der Waals surface area contributed by atoms with E-state index in [0.717, 1.165) is 5.75 Å². The van der Waals surface area contributed by atoms with Gasteiger partial charge in [-0.15, -0.1) is 0 Å². The van der Waals surface area contributed by atoms with Gasteiger partial charge in [0.1, 0.15) is 0 Å². The molecule has 1 nitrogen and oxygen atoms in total. The lowest BCUT2D eigenvalue weighted by Crippen LogP contribution is -1.76. The molecule has 0 saturated carbocycles. The molecule has 0 spiro atoms. The predicted octanol–water partition coefficient (Wildman–Crippen LogP) is -0.00170. The van der Waals surface area contributed by atoms with Gasteiger partial charge in [0.2, 0.25) is 0 Å². The molecule has 0 rings (SSSR count). The Hall–Kier alpha value is 0.375. The van der Waals surface area contributed by atoms with Crippen molar-refractivity contribution >= 4 is 18.4 Å². The smallest absolute Gasteiger partial charge is 0.339 e. The van der Waals surface area contributed by atoms with Gasteiger partial charge in [-0.25, -0.2) is 0 Å². The van der Waals surface area contributed by atoms with Gasteiger partial charge in [0.15, 0.2) is 0 Å². The first-order valence-corrected chi connectivity index (χ1v) is 2.76. The zero-order chi connectivity index (χ0) is 4.12. The minimum absolute atomic E-state index is 0.260. The van der Waals surface area contributed by atoms with Gasteiger partial charge in [-0.1, -0.05) is 6.92 Å². The fraction of sp³-hybridized carbons (Fsp3) is 1.00. The van der Waals surface area contributed by atoms with Gasteiger partial charge in [0.05, 0.1) is 0 Å². The summed E-state index contributed by atoms with van der Waals surface area (Å²) in [4.78, 5) is 0. The minimum Gasteiger partial charge on any atom is -0.444 e. The molecule has 0 atom stereocenters. The summed E-state index contributed by atoms with van der Waals surface area (Å²) in [5.74, 6) is 1.01. The van der Waals surface area contributed by atoms with Crippen LogP contribution in [0.3, 0.4) is 0 Å². The topological polar surface area (TPSA) is 20.2 Å². The maximum atomic E-state index is 8.03. The summed E-state index contributed by atoms with van der Waals surface area (Å²) in [6, 6.07) is 0. The highest BCUT2D eigenvalue weighted by molar-refractivity contribution is 8.21. The van der Waals surface area contributed by atoms with Crippen molar-refractivity contribution in [3.8, 4) is 0 Å². The van der Waals surface area contributed by atoms with Crippen molar-refractivity contribution in [2.24, 2.45) is 0 Å². The van der Waals surface area contributed by atoms with Gasteiger partial charge >= 0.3 is 6.76 Å². The van der Waals surface area contributed by atoms with Crippen LogP contribution in [0.4, 0.5) is 0 Å². The van der Waals surface area contributed by atoms with Crippen LogP contribution < -0.4 is 0 Å². The van der Waals surface area contributed by atoms with E-state index >= 15 is 0 Å². The molecule has 30 valence electrons. The summed E-state index contributed by atoms with van der Waals surface area (Å²) >= 11 is 1.52. The third-order valence-corrected chi connectivity index (χ3v) is 0.886. The molecule has 0 aliphatic rings. The Labute approximate surface area is 36.9 Å². The Bertz CT molecular complexity index is 17.1. The Morgan fingerprint density at radius 3 is 2.60 bits per heavy atom. The summed E-state index contributed by atoms with van der Waals surface area (Å²) in [7, 11) is 0. The van der Waals surface area contributed by atoms with Crippen LogP contribution in [-0.2, 0) is 0 Å². The molecule has 0 aliphatic carbocycles. The lowest BCUT2D eigenvalue weighted by molar-refractivity contribution is 0.623. The Morgan fingerprint density at radius 2 is 2.60 bits per heavy atom. The van der Waals surface area contributed by atoms with Crippen molar-refractivity contribution < 1.29 is 5.02 Å². The van der Waals surface area contributed by atoms with Crippen LogP contribution >= 0.6 is 11.6 Å². The monoisotopic (exact) mass is 90.0 g/mol. The quantitative estimate of drug-likeness (QED) is 0.481. The summed E-state index contributed by atoms with van der Waals surface area (Å²) < 4.78 is 0. The lowest BCUT2D eigenvalue weighted by atomic mass is 10.6. The third-order valence-electron chi connectivity index (χ3n) is 0.295. The van der Waals surface area contributed by atoms with Gasteiger partial charge in [0, 0.05) is 0 Å². The molecular weight excluding hydrogens is 82.9 g/mol. The van der Waals surface area contributed by atoms with Crippen LogP contribution in [0.5, 0.6) is 0 Å². The maximum Gasteiger partial charge on any atom is 0.339 e. The van der Waals surface area contributed by atoms with E-state index in [1.54, 1.807) is 0 Å². The van der Waals surface area contributed by atoms with Crippen LogP contribution in [-0.4, -0.2) is 17.5 Å². The molecule has 0 aromatic carbocycles. The predicted molar refractivity (Wildman–Crippen MR) is 27.5 cm³/mol. The van der Waals surface area contributed by atoms with Crippen LogP contribution in [0.15, 0.2) is 0 Å². The van der Waals surface area contributed by atoms with E-state index in [1.807, 2.05) is 6.92 Å². The van der Waals surface area contributed by atoms with Crippen LogP contribution in [0, 0.1) is 0 Å². The molecule has 0 aliphatic heterocycles. The zero-order valence-corrected chi connectivity index (χ0v) is 4.09. The molecule has 0 heterocycles. The van der Waals surface area contributed by atoms with Crippen LogP contribution in [0.25, 0.3) is 0 Å². The van der Waals surface area contributed by atoms with E-state index < -0.39 is 0 Å². The van der Waals surface area contributed by atoms with Crippen LogP contribution in [0.1, 0.15) is 6.92 Å². The summed E-state index contributed by atoms with van der Waals surface area (Å²) in [6.07, 6.45) is 0. The highest BCUT2D eigenvalue weighted by atomic mass is 32.2. The van der Waals surface area contributed by atoms with Gasteiger partial charge in [-0.05, 0) is 5.75 Å². The zero-order valence-electron chi connectivity index (χ0n) is 3.27. The summed E-state index contributed by atoms with van der Waals surface area (Å²) in [5, 5.41) is 8.03. The molecule has 0 bridgehead atoms. The number of hydrogen-bond donors (Lipinski definition) is 1. The first-order valence-electron chi connectivity index (χ1n) is 1.60. The molecule has 0 unspecified atom stereocenters. The Balaban J connectivity index is 2.19. The molecule has 0 amide bonds. The van der Waals surface area contributed by atoms with Gasteiger partial charge in [-0.3, -0.25) is 0 Å². The normalized spacial score (nSPS) is 7.60. The van der Waals surface area contributed by atoms with E-state index in [9.17, 15) is 0 Å². The van der Waals surface area contributed by atoms with E-state index in [2.05, 4.69) is 0 Å². The number of hydrogen-bond acceptors (Lipinski definition) is 2. The second-order valence-electron chi connectivity index (χ2n) is 0.622. The first kappa shape index (κ1) is 5.37. The van der Waals surface area contributed by atoms with Crippen molar-refractivity contribution in [1.82, 2.24) is 0 Å². The maximum absolute atomic E-state index is 8.03. The molecule has 0 fully saturated rings. The van der Waals surface area contributed by atoms with Gasteiger partial charge < -0.3 is 5.02 Å². The van der Waals surface area contributed by atoms with E-state index in [4.69, 9.17) is 5.02 Å². The second-order valence-corrected chi connectivity index (χ2v) is 1.87. The molecule has 0 aromatic rings. The van der Waals surface area contributed by atoms with Crippen molar-refractivity contribution in [3.63, 3.8) is 0 Å². The second kappa shape index (κ2) is 4.37. The molecule has 1 N–H and O–H groups in total. The molecule has 0 saturated heterocycles. The Morgan fingerprint density at radius 1 is 2.00 bits per heavy atom. The minimum atomic E-state index is 0.260. The summed E-state index contributed by atoms with van der Waals surface area (Å²) in [5.41, 5.74) is 0. The van der Waals surface area contributed by atoms with Crippen molar-refractivity contribution in [2.45, 2.75) is 6.92 Å². The van der Waals surface area contributed by atoms with Crippen molar-refractivity contribution in [2.75, 3.05) is 5.75 Å². The molecule has 0 radical (unpaired) electrons. The van der Waals surface area contributed by atoms with E-state index in [1.165, 1.54) is 11.6 Å². The van der Waals surface area contributed by atoms with Crippen LogP contribution in [0.2, 0.25) is 0 Å². The average molecular weight is 90.0 g/mol. The summed E-state index contributed by atoms with van der Waals surface area (Å²) in [6.45, 7) is 2.28. The molecule has 5 heavy (non-hydrogen) atoms. The molecule has 0 aromatic heterocycles. The van der Waals surface area contributed by atoms with Crippen molar-refractivity contribution in [3.05, 3.63) is 0 Å².